The van der Waals surface area contributed by atoms with Gasteiger partial charge >= 0.3 is 5.97 Å². The van der Waals surface area contributed by atoms with Gasteiger partial charge in [0.2, 0.25) is 0 Å². The lowest BCUT2D eigenvalue weighted by atomic mass is 10.1. The summed E-state index contributed by atoms with van der Waals surface area (Å²) >= 11 is 0. The Kier molecular flexibility index (Phi) is 3.60. The highest BCUT2D eigenvalue weighted by Gasteiger charge is 2.23. The van der Waals surface area contributed by atoms with Gasteiger partial charge in [0.15, 0.2) is 11.6 Å². The molecule has 0 aliphatic carbocycles. The lowest BCUT2D eigenvalue weighted by Crippen LogP contribution is -2.17. The summed E-state index contributed by atoms with van der Waals surface area (Å²) in [6, 6.07) is 2.71. The molecule has 1 rings (SSSR count). The van der Waals surface area contributed by atoms with Gasteiger partial charge in [-0.3, -0.25) is 4.79 Å². The van der Waals surface area contributed by atoms with Crippen molar-refractivity contribution in [3.63, 3.8) is 0 Å². The summed E-state index contributed by atoms with van der Waals surface area (Å²) in [4.78, 5) is 22.4. The van der Waals surface area contributed by atoms with Gasteiger partial charge in [-0.15, -0.1) is 0 Å². The highest BCUT2D eigenvalue weighted by Crippen LogP contribution is 2.23. The molecule has 0 aromatic heterocycles. The fraction of sp³-hybridized carbons (Fsp3) is 0.273. The van der Waals surface area contributed by atoms with Crippen LogP contribution >= 0.6 is 0 Å². The lowest BCUT2D eigenvalue weighted by Gasteiger charge is -2.07. The molecule has 86 valence electrons. The first kappa shape index (κ1) is 12.2. The fourth-order valence-corrected chi connectivity index (χ4v) is 1.25. The molecule has 0 fully saturated rings. The van der Waals surface area contributed by atoms with Gasteiger partial charge in [0.05, 0.1) is 19.8 Å². The van der Waals surface area contributed by atoms with Gasteiger partial charge < -0.3 is 9.47 Å². The molecule has 0 heterocycles. The number of aryl methyl sites for hydroxylation is 1. The number of ketones is 1. The molecular weight excluding hydrogens is 215 g/mol. The lowest BCUT2D eigenvalue weighted by molar-refractivity contribution is -0.135. The molecule has 0 saturated heterocycles. The second-order valence-corrected chi connectivity index (χ2v) is 3.15. The van der Waals surface area contributed by atoms with E-state index in [9.17, 15) is 14.0 Å². The van der Waals surface area contributed by atoms with Crippen molar-refractivity contribution in [3.05, 3.63) is 29.1 Å². The van der Waals surface area contributed by atoms with Crippen LogP contribution in [0.25, 0.3) is 0 Å². The maximum absolute atomic E-state index is 13.6. The maximum atomic E-state index is 13.6. The van der Waals surface area contributed by atoms with Crippen molar-refractivity contribution in [3.8, 4) is 5.75 Å². The SMILES string of the molecule is COC(=O)C(=O)c1cc(C)cc(OC)c1F. The van der Waals surface area contributed by atoms with Crippen LogP contribution in [0.4, 0.5) is 4.39 Å². The number of hydrogen-bond acceptors (Lipinski definition) is 4. The van der Waals surface area contributed by atoms with Crippen LogP contribution in [0.15, 0.2) is 12.1 Å². The molecule has 0 unspecified atom stereocenters. The highest BCUT2D eigenvalue weighted by atomic mass is 19.1. The van der Waals surface area contributed by atoms with Crippen molar-refractivity contribution < 1.29 is 23.5 Å². The summed E-state index contributed by atoms with van der Waals surface area (Å²) in [5.41, 5.74) is 0.272. The largest absolute Gasteiger partial charge is 0.494 e. The van der Waals surface area contributed by atoms with E-state index in [1.54, 1.807) is 6.92 Å². The first-order chi connectivity index (χ1) is 7.51. The van der Waals surface area contributed by atoms with Crippen LogP contribution in [-0.4, -0.2) is 26.0 Å². The zero-order valence-corrected chi connectivity index (χ0v) is 9.17. The van der Waals surface area contributed by atoms with Crippen LogP contribution in [0.1, 0.15) is 15.9 Å². The number of carbonyl (C=O) groups is 2. The number of halogens is 1. The summed E-state index contributed by atoms with van der Waals surface area (Å²) in [6.07, 6.45) is 0. The Hall–Kier alpha value is -1.91. The van der Waals surface area contributed by atoms with Gasteiger partial charge in [-0.25, -0.2) is 9.18 Å². The Labute approximate surface area is 92.0 Å². The van der Waals surface area contributed by atoms with Gasteiger partial charge in [-0.1, -0.05) is 0 Å². The number of benzene rings is 1. The second kappa shape index (κ2) is 4.74. The number of rotatable bonds is 3. The molecule has 0 spiro atoms. The third-order valence-corrected chi connectivity index (χ3v) is 2.02. The van der Waals surface area contributed by atoms with E-state index < -0.39 is 17.6 Å². The Morgan fingerprint density at radius 1 is 1.25 bits per heavy atom. The van der Waals surface area contributed by atoms with Gasteiger partial charge in [-0.05, 0) is 24.6 Å². The molecule has 4 nitrogen and oxygen atoms in total. The van der Waals surface area contributed by atoms with E-state index in [4.69, 9.17) is 4.74 Å². The quantitative estimate of drug-likeness (QED) is 0.445. The van der Waals surface area contributed by atoms with Crippen molar-refractivity contribution >= 4 is 11.8 Å². The highest BCUT2D eigenvalue weighted by molar-refractivity contribution is 6.40. The molecule has 0 aliphatic rings. The van der Waals surface area contributed by atoms with E-state index >= 15 is 0 Å². The van der Waals surface area contributed by atoms with E-state index in [0.29, 0.717) is 5.56 Å². The maximum Gasteiger partial charge on any atom is 0.379 e. The van der Waals surface area contributed by atoms with Gasteiger partial charge in [0.25, 0.3) is 5.78 Å². The average molecular weight is 226 g/mol. The van der Waals surface area contributed by atoms with Crippen molar-refractivity contribution in [2.75, 3.05) is 14.2 Å². The molecule has 5 heteroatoms. The van der Waals surface area contributed by atoms with Crippen LogP contribution in [0, 0.1) is 12.7 Å². The second-order valence-electron chi connectivity index (χ2n) is 3.15. The number of ether oxygens (including phenoxy) is 2. The predicted octanol–water partition coefficient (Wildman–Crippen LogP) is 1.50. The van der Waals surface area contributed by atoms with Gasteiger partial charge in [0.1, 0.15) is 0 Å². The van der Waals surface area contributed by atoms with Crippen LogP contribution in [-0.2, 0) is 9.53 Å². The third kappa shape index (κ3) is 2.18. The summed E-state index contributed by atoms with van der Waals surface area (Å²) in [6.45, 7) is 1.66. The van der Waals surface area contributed by atoms with Gasteiger partial charge in [-0.2, -0.15) is 0 Å². The predicted molar refractivity (Wildman–Crippen MR) is 54.0 cm³/mol. The van der Waals surface area contributed by atoms with Crippen molar-refractivity contribution in [1.82, 2.24) is 0 Å². The molecule has 0 saturated carbocycles. The standard InChI is InChI=1S/C11H11FO4/c1-6-4-7(10(13)11(14)16-3)9(12)8(5-6)15-2/h4-5H,1-3H3. The number of hydrogen-bond donors (Lipinski definition) is 0. The topological polar surface area (TPSA) is 52.6 Å². The summed E-state index contributed by atoms with van der Waals surface area (Å²) in [5, 5.41) is 0. The summed E-state index contributed by atoms with van der Waals surface area (Å²) < 4.78 is 22.6. The smallest absolute Gasteiger partial charge is 0.379 e. The first-order valence-electron chi connectivity index (χ1n) is 4.48. The van der Waals surface area contributed by atoms with Crippen molar-refractivity contribution in [1.29, 1.82) is 0 Å². The third-order valence-electron chi connectivity index (χ3n) is 2.02. The fourth-order valence-electron chi connectivity index (χ4n) is 1.25. The number of esters is 1. The molecule has 0 bridgehead atoms. The Bertz CT molecular complexity index is 440. The molecule has 0 radical (unpaired) electrons. The first-order valence-corrected chi connectivity index (χ1v) is 4.48. The van der Waals surface area contributed by atoms with Crippen molar-refractivity contribution in [2.24, 2.45) is 0 Å². The Morgan fingerprint density at radius 3 is 2.38 bits per heavy atom. The Morgan fingerprint density at radius 2 is 1.88 bits per heavy atom. The van der Waals surface area contributed by atoms with E-state index in [2.05, 4.69) is 4.74 Å². The monoisotopic (exact) mass is 226 g/mol. The molecule has 16 heavy (non-hydrogen) atoms. The normalized spacial score (nSPS) is 9.75. The van der Waals surface area contributed by atoms with Crippen LogP contribution in [0.2, 0.25) is 0 Å². The van der Waals surface area contributed by atoms with Crippen LogP contribution in [0.5, 0.6) is 5.75 Å². The zero-order chi connectivity index (χ0) is 12.3. The minimum atomic E-state index is -1.11. The minimum Gasteiger partial charge on any atom is -0.494 e. The number of Topliss-reactive ketones (excluding diaryl/α,β-unsaturated/α-hetero) is 1. The number of methoxy groups -OCH3 is 2. The van der Waals surface area contributed by atoms with E-state index in [-0.39, 0.29) is 11.3 Å². The molecule has 0 atom stereocenters. The van der Waals surface area contributed by atoms with E-state index in [0.717, 1.165) is 7.11 Å². The molecule has 1 aromatic carbocycles. The summed E-state index contributed by atoms with van der Waals surface area (Å²) in [7, 11) is 2.34. The van der Waals surface area contributed by atoms with Gasteiger partial charge in [0, 0.05) is 0 Å². The molecule has 0 N–H and O–H groups in total. The summed E-state index contributed by atoms with van der Waals surface area (Å²) in [5.74, 6) is -3.07. The van der Waals surface area contributed by atoms with E-state index in [1.165, 1.54) is 19.2 Å². The minimum absolute atomic E-state index is 0.0766. The van der Waals surface area contributed by atoms with Crippen molar-refractivity contribution in [2.45, 2.75) is 6.92 Å². The molecule has 0 aliphatic heterocycles. The molecule has 1 aromatic rings. The Balaban J connectivity index is 3.28. The number of carbonyl (C=O) groups excluding carboxylic acids is 2. The molecular formula is C11H11FO4. The zero-order valence-electron chi connectivity index (χ0n) is 9.17. The molecule has 0 amide bonds. The van der Waals surface area contributed by atoms with Crippen LogP contribution in [0.3, 0.4) is 0 Å². The average Bonchev–Trinajstić information content (AvgIpc) is 2.29. The van der Waals surface area contributed by atoms with E-state index in [1.807, 2.05) is 0 Å². The van der Waals surface area contributed by atoms with Crippen LogP contribution < -0.4 is 4.74 Å².